The molecule has 5 aromatic carbocycles. The first kappa shape index (κ1) is 35.9. The van der Waals surface area contributed by atoms with Crippen molar-refractivity contribution in [2.45, 2.75) is 43.7 Å². The quantitative estimate of drug-likeness (QED) is 0.107. The van der Waals surface area contributed by atoms with Gasteiger partial charge >= 0.3 is 6.03 Å². The van der Waals surface area contributed by atoms with E-state index in [9.17, 15) is 9.90 Å². The summed E-state index contributed by atoms with van der Waals surface area (Å²) in [7, 11) is 1.82. The predicted molar refractivity (Wildman–Crippen MR) is 203 cm³/mol. The van der Waals surface area contributed by atoms with Crippen LogP contribution in [0.4, 0.5) is 10.5 Å². The van der Waals surface area contributed by atoms with Crippen LogP contribution >= 0.6 is 11.8 Å². The summed E-state index contributed by atoms with van der Waals surface area (Å²) in [5, 5.41) is 27.9. The molecule has 11 nitrogen and oxygen atoms in total. The zero-order valence-corrected chi connectivity index (χ0v) is 30.1. The Balaban J connectivity index is 0.985. The molecule has 4 atom stereocenters. The molecule has 53 heavy (non-hydrogen) atoms. The minimum absolute atomic E-state index is 0.0131. The van der Waals surface area contributed by atoms with Gasteiger partial charge in [-0.1, -0.05) is 104 Å². The molecule has 2 heterocycles. The van der Waals surface area contributed by atoms with E-state index in [0.29, 0.717) is 23.7 Å². The maximum atomic E-state index is 12.7. The number of aliphatic hydroxyl groups is 1. The van der Waals surface area contributed by atoms with Crippen molar-refractivity contribution < 1.29 is 24.1 Å². The van der Waals surface area contributed by atoms with Gasteiger partial charge in [-0.25, -0.2) is 9.48 Å². The van der Waals surface area contributed by atoms with Gasteiger partial charge in [0.2, 0.25) is 5.16 Å². The van der Waals surface area contributed by atoms with Crippen molar-refractivity contribution in [3.63, 3.8) is 0 Å². The number of ether oxygens (including phenoxy) is 3. The van der Waals surface area contributed by atoms with Crippen LogP contribution in [0.15, 0.2) is 133 Å². The lowest BCUT2D eigenvalue weighted by atomic mass is 9.91. The highest BCUT2D eigenvalue weighted by Gasteiger charge is 2.38. The monoisotopic (exact) mass is 728 g/mol. The molecule has 0 spiro atoms. The molecule has 6 aromatic rings. The van der Waals surface area contributed by atoms with E-state index < -0.39 is 6.29 Å². The maximum Gasteiger partial charge on any atom is 0.319 e. The molecule has 2 amide bonds. The summed E-state index contributed by atoms with van der Waals surface area (Å²) in [4.78, 5) is 12.7. The SMILES string of the molecule is CC1C(CSc2nnnn2C)OC(c2ccc(-c3cccc(CNC(=O)Nc4ccc(Oc5ccccc5)cc4)c3)cc2)OC1c1ccc(CO)cc1. The van der Waals surface area contributed by atoms with Crippen molar-refractivity contribution >= 4 is 23.5 Å². The number of aryl methyl sites for hydroxylation is 1. The van der Waals surface area contributed by atoms with Crippen LogP contribution in [0.3, 0.4) is 0 Å². The highest BCUT2D eigenvalue weighted by atomic mass is 32.2. The lowest BCUT2D eigenvalue weighted by Gasteiger charge is -2.41. The molecule has 0 aliphatic carbocycles. The van der Waals surface area contributed by atoms with E-state index in [4.69, 9.17) is 14.2 Å². The molecular formula is C41H40N6O5S. The van der Waals surface area contributed by atoms with Crippen LogP contribution in [0, 0.1) is 5.92 Å². The summed E-state index contributed by atoms with van der Waals surface area (Å²) in [5.74, 6) is 2.12. The number of hydrogen-bond acceptors (Lipinski definition) is 9. The molecule has 270 valence electrons. The normalized spacial score (nSPS) is 18.3. The fourth-order valence-corrected chi connectivity index (χ4v) is 7.11. The number of nitrogens with zero attached hydrogens (tertiary/aromatic N) is 4. The number of aromatic nitrogens is 4. The molecular weight excluding hydrogens is 689 g/mol. The minimum Gasteiger partial charge on any atom is -0.457 e. The second-order valence-electron chi connectivity index (χ2n) is 12.8. The number of aliphatic hydroxyl groups excluding tert-OH is 1. The van der Waals surface area contributed by atoms with Gasteiger partial charge in [0.1, 0.15) is 11.5 Å². The summed E-state index contributed by atoms with van der Waals surface area (Å²) in [6.07, 6.45) is -0.960. The number of para-hydroxylation sites is 1. The molecule has 0 saturated carbocycles. The largest absolute Gasteiger partial charge is 0.457 e. The van der Waals surface area contributed by atoms with Gasteiger partial charge in [-0.2, -0.15) is 0 Å². The number of urea groups is 1. The molecule has 0 bridgehead atoms. The summed E-state index contributed by atoms with van der Waals surface area (Å²) in [6.45, 7) is 2.48. The van der Waals surface area contributed by atoms with E-state index in [2.05, 4.69) is 51.3 Å². The number of thioether (sulfide) groups is 1. The van der Waals surface area contributed by atoms with Crippen molar-refractivity contribution in [1.82, 2.24) is 25.5 Å². The average Bonchev–Trinajstić information content (AvgIpc) is 3.62. The van der Waals surface area contributed by atoms with E-state index in [0.717, 1.165) is 44.3 Å². The predicted octanol–water partition coefficient (Wildman–Crippen LogP) is 8.07. The molecule has 1 aliphatic heterocycles. The van der Waals surface area contributed by atoms with Gasteiger partial charge in [-0.15, -0.1) is 5.10 Å². The highest BCUT2D eigenvalue weighted by molar-refractivity contribution is 7.99. The Kier molecular flexibility index (Phi) is 11.4. The Hall–Kier alpha value is -5.53. The number of carbonyl (C=O) groups is 1. The van der Waals surface area contributed by atoms with Crippen LogP contribution in [0.1, 0.15) is 41.6 Å². The Morgan fingerprint density at radius 3 is 2.28 bits per heavy atom. The van der Waals surface area contributed by atoms with Gasteiger partial charge in [-0.3, -0.25) is 0 Å². The topological polar surface area (TPSA) is 133 Å². The lowest BCUT2D eigenvalue weighted by molar-refractivity contribution is -0.268. The number of anilines is 1. The summed E-state index contributed by atoms with van der Waals surface area (Å²) in [6, 6.07) is 40.7. The highest BCUT2D eigenvalue weighted by Crippen LogP contribution is 2.43. The molecule has 1 aliphatic rings. The molecule has 1 saturated heterocycles. The summed E-state index contributed by atoms with van der Waals surface area (Å²) in [5.41, 5.74) is 6.47. The van der Waals surface area contributed by atoms with Crippen LogP contribution < -0.4 is 15.4 Å². The van der Waals surface area contributed by atoms with E-state index in [1.807, 2.05) is 104 Å². The van der Waals surface area contributed by atoms with E-state index in [1.165, 1.54) is 0 Å². The van der Waals surface area contributed by atoms with E-state index in [-0.39, 0.29) is 30.8 Å². The first-order valence-electron chi connectivity index (χ1n) is 17.3. The van der Waals surface area contributed by atoms with Gasteiger partial charge in [0, 0.05) is 36.5 Å². The third-order valence-electron chi connectivity index (χ3n) is 9.07. The third kappa shape index (κ3) is 9.10. The van der Waals surface area contributed by atoms with Gasteiger partial charge < -0.3 is 30.0 Å². The fourth-order valence-electron chi connectivity index (χ4n) is 6.09. The van der Waals surface area contributed by atoms with Crippen molar-refractivity contribution in [3.05, 3.63) is 150 Å². The molecule has 1 fully saturated rings. The lowest BCUT2D eigenvalue weighted by Crippen LogP contribution is -2.38. The van der Waals surface area contributed by atoms with Crippen LogP contribution in [-0.2, 0) is 29.7 Å². The second-order valence-corrected chi connectivity index (χ2v) is 13.8. The van der Waals surface area contributed by atoms with Crippen LogP contribution in [0.2, 0.25) is 0 Å². The van der Waals surface area contributed by atoms with Crippen molar-refractivity contribution in [2.75, 3.05) is 11.1 Å². The molecule has 1 aromatic heterocycles. The van der Waals surface area contributed by atoms with Gasteiger partial charge in [0.15, 0.2) is 6.29 Å². The average molecular weight is 729 g/mol. The Bertz CT molecular complexity index is 2100. The third-order valence-corrected chi connectivity index (χ3v) is 10.2. The Labute approximate surface area is 312 Å². The molecule has 7 rings (SSSR count). The van der Waals surface area contributed by atoms with Crippen LogP contribution in [0.5, 0.6) is 11.5 Å². The minimum atomic E-state index is -0.590. The molecule has 12 heteroatoms. The van der Waals surface area contributed by atoms with Crippen molar-refractivity contribution in [2.24, 2.45) is 13.0 Å². The van der Waals surface area contributed by atoms with Gasteiger partial charge in [0.05, 0.1) is 18.8 Å². The summed E-state index contributed by atoms with van der Waals surface area (Å²) >= 11 is 1.55. The number of rotatable bonds is 12. The van der Waals surface area contributed by atoms with Gasteiger partial charge in [-0.05, 0) is 80.7 Å². The maximum absolute atomic E-state index is 12.7. The molecule has 4 unspecified atom stereocenters. The van der Waals surface area contributed by atoms with Crippen LogP contribution in [-0.4, -0.2) is 43.2 Å². The van der Waals surface area contributed by atoms with Crippen molar-refractivity contribution in [1.29, 1.82) is 0 Å². The van der Waals surface area contributed by atoms with E-state index in [1.54, 1.807) is 28.6 Å². The number of hydrogen-bond donors (Lipinski definition) is 3. The van der Waals surface area contributed by atoms with E-state index >= 15 is 0 Å². The smallest absolute Gasteiger partial charge is 0.319 e. The zero-order valence-electron chi connectivity index (χ0n) is 29.3. The summed E-state index contributed by atoms with van der Waals surface area (Å²) < 4.78 is 20.7. The number of tetrazole rings is 1. The molecule has 0 radical (unpaired) electrons. The zero-order chi connectivity index (χ0) is 36.6. The number of benzene rings is 5. The van der Waals surface area contributed by atoms with Crippen molar-refractivity contribution in [3.8, 4) is 22.6 Å². The Morgan fingerprint density at radius 1 is 0.830 bits per heavy atom. The first-order chi connectivity index (χ1) is 25.9. The second kappa shape index (κ2) is 16.9. The number of carbonyl (C=O) groups excluding carboxylic acids is 1. The van der Waals surface area contributed by atoms with Gasteiger partial charge in [0.25, 0.3) is 0 Å². The number of amides is 2. The Morgan fingerprint density at radius 2 is 1.57 bits per heavy atom. The molecule has 3 N–H and O–H groups in total. The first-order valence-corrected chi connectivity index (χ1v) is 18.3. The number of nitrogens with one attached hydrogen (secondary N) is 2. The van der Waals surface area contributed by atoms with Crippen LogP contribution in [0.25, 0.3) is 11.1 Å². The fraction of sp³-hybridized carbons (Fsp3) is 0.220. The standard InChI is InChI=1S/C41H40N6O5S/c1-27-37(26-53-41-44-45-46-47(41)2)51-39(52-38(27)31-13-11-28(25-48)12-14-31)32-17-15-30(16-18-32)33-8-6-7-29(23-33)24-42-40(49)43-34-19-21-36(22-20-34)50-35-9-4-3-5-10-35/h3-23,27,37-39,48H,24-26H2,1-2H3,(H2,42,43,49).